The lowest BCUT2D eigenvalue weighted by Gasteiger charge is -2.24. The molecule has 0 atom stereocenters. The monoisotopic (exact) mass is 470 g/mol. The molecule has 0 bridgehead atoms. The molecule has 0 radical (unpaired) electrons. The van der Waals surface area contributed by atoms with E-state index < -0.39 is 15.9 Å². The maximum atomic E-state index is 12.6. The van der Waals surface area contributed by atoms with E-state index in [0.717, 1.165) is 21.9 Å². The van der Waals surface area contributed by atoms with E-state index in [2.05, 4.69) is 17.4 Å². The average molecular weight is 471 g/mol. The molecule has 0 aliphatic rings. The van der Waals surface area contributed by atoms with E-state index in [-0.39, 0.29) is 6.54 Å². The zero-order valence-electron chi connectivity index (χ0n) is 18.0. The quantitative estimate of drug-likeness (QED) is 0.432. The molecule has 1 N–H and O–H groups in total. The highest BCUT2D eigenvalue weighted by Crippen LogP contribution is 2.30. The summed E-state index contributed by atoms with van der Waals surface area (Å²) >= 11 is 1.73. The number of hydrogen-bond donors (Lipinski definition) is 1. The van der Waals surface area contributed by atoms with Crippen LogP contribution in [0.1, 0.15) is 12.5 Å². The topological polar surface area (TPSA) is 75.7 Å². The summed E-state index contributed by atoms with van der Waals surface area (Å²) in [6.45, 7) is 1.85. The van der Waals surface area contributed by atoms with E-state index >= 15 is 0 Å². The summed E-state index contributed by atoms with van der Waals surface area (Å²) in [6, 6.07) is 24.4. The van der Waals surface area contributed by atoms with Gasteiger partial charge in [-0.3, -0.25) is 9.10 Å². The first-order valence-corrected chi connectivity index (χ1v) is 13.0. The van der Waals surface area contributed by atoms with Crippen molar-refractivity contribution in [3.63, 3.8) is 0 Å². The number of anilines is 2. The van der Waals surface area contributed by atoms with Crippen molar-refractivity contribution in [3.8, 4) is 5.75 Å². The molecule has 1 amide bonds. The SMILES string of the molecule is CCOc1ccccc1N(CC(=O)Nc1ccc(CSc2ccccc2)cc1)S(C)(=O)=O. The van der Waals surface area contributed by atoms with Gasteiger partial charge in [0.25, 0.3) is 0 Å². The fraction of sp³-hybridized carbons (Fsp3) is 0.208. The number of carbonyl (C=O) groups is 1. The van der Waals surface area contributed by atoms with Crippen LogP contribution in [0.4, 0.5) is 11.4 Å². The molecule has 0 aliphatic carbocycles. The first kappa shape index (κ1) is 23.7. The first-order valence-electron chi connectivity index (χ1n) is 10.1. The lowest BCUT2D eigenvalue weighted by Crippen LogP contribution is -2.37. The number of amides is 1. The Morgan fingerprint density at radius 3 is 2.28 bits per heavy atom. The number of ether oxygens (including phenoxy) is 1. The lowest BCUT2D eigenvalue weighted by molar-refractivity contribution is -0.114. The lowest BCUT2D eigenvalue weighted by atomic mass is 10.2. The van der Waals surface area contributed by atoms with Crippen LogP contribution in [0, 0.1) is 0 Å². The van der Waals surface area contributed by atoms with Gasteiger partial charge in [0, 0.05) is 16.3 Å². The van der Waals surface area contributed by atoms with Gasteiger partial charge in [0.15, 0.2) is 0 Å². The molecule has 0 fully saturated rings. The summed E-state index contributed by atoms with van der Waals surface area (Å²) in [5.74, 6) is 0.788. The number of benzene rings is 3. The van der Waals surface area contributed by atoms with Crippen molar-refractivity contribution in [3.05, 3.63) is 84.4 Å². The predicted molar refractivity (Wildman–Crippen MR) is 131 cm³/mol. The molecule has 0 heterocycles. The first-order chi connectivity index (χ1) is 15.4. The zero-order chi connectivity index (χ0) is 23.0. The zero-order valence-corrected chi connectivity index (χ0v) is 19.7. The van der Waals surface area contributed by atoms with Crippen molar-refractivity contribution < 1.29 is 17.9 Å². The van der Waals surface area contributed by atoms with Gasteiger partial charge in [-0.05, 0) is 48.9 Å². The maximum absolute atomic E-state index is 12.6. The highest BCUT2D eigenvalue weighted by atomic mass is 32.2. The van der Waals surface area contributed by atoms with Gasteiger partial charge in [0.1, 0.15) is 12.3 Å². The van der Waals surface area contributed by atoms with Crippen LogP contribution in [0.15, 0.2) is 83.8 Å². The van der Waals surface area contributed by atoms with Crippen molar-refractivity contribution in [2.75, 3.05) is 29.0 Å². The Balaban J connectivity index is 1.65. The molecule has 0 unspecified atom stereocenters. The molecule has 32 heavy (non-hydrogen) atoms. The Morgan fingerprint density at radius 2 is 1.62 bits per heavy atom. The van der Waals surface area contributed by atoms with Crippen molar-refractivity contribution in [1.29, 1.82) is 0 Å². The largest absolute Gasteiger partial charge is 0.492 e. The molecule has 3 rings (SSSR count). The van der Waals surface area contributed by atoms with Crippen molar-refractivity contribution in [1.82, 2.24) is 0 Å². The van der Waals surface area contributed by atoms with Crippen LogP contribution < -0.4 is 14.4 Å². The van der Waals surface area contributed by atoms with Crippen LogP contribution in [-0.4, -0.2) is 33.7 Å². The molecule has 168 valence electrons. The van der Waals surface area contributed by atoms with Crippen molar-refractivity contribution in [2.24, 2.45) is 0 Å². The van der Waals surface area contributed by atoms with E-state index in [1.54, 1.807) is 36.0 Å². The van der Waals surface area contributed by atoms with Gasteiger partial charge < -0.3 is 10.1 Å². The van der Waals surface area contributed by atoms with Gasteiger partial charge in [-0.2, -0.15) is 0 Å². The number of rotatable bonds is 10. The van der Waals surface area contributed by atoms with Crippen LogP contribution in [0.3, 0.4) is 0 Å². The van der Waals surface area contributed by atoms with E-state index in [0.29, 0.717) is 23.7 Å². The molecule has 8 heteroatoms. The summed E-state index contributed by atoms with van der Waals surface area (Å²) in [5, 5.41) is 2.77. The van der Waals surface area contributed by atoms with Crippen LogP contribution in [0.25, 0.3) is 0 Å². The van der Waals surface area contributed by atoms with E-state index in [9.17, 15) is 13.2 Å². The fourth-order valence-electron chi connectivity index (χ4n) is 3.02. The number of thioether (sulfide) groups is 1. The van der Waals surface area contributed by atoms with Gasteiger partial charge in [-0.15, -0.1) is 11.8 Å². The third-order valence-corrected chi connectivity index (χ3v) is 6.72. The Bertz CT molecular complexity index is 1130. The summed E-state index contributed by atoms with van der Waals surface area (Å²) in [6.07, 6.45) is 1.07. The second-order valence-electron chi connectivity index (χ2n) is 7.02. The molecule has 6 nitrogen and oxygen atoms in total. The molecular formula is C24H26N2O4S2. The van der Waals surface area contributed by atoms with Gasteiger partial charge in [0.05, 0.1) is 18.6 Å². The second kappa shape index (κ2) is 11.1. The van der Waals surface area contributed by atoms with Crippen molar-refractivity contribution in [2.45, 2.75) is 17.6 Å². The highest BCUT2D eigenvalue weighted by molar-refractivity contribution is 7.98. The van der Waals surface area contributed by atoms with E-state index in [1.807, 2.05) is 49.4 Å². The fourth-order valence-corrected chi connectivity index (χ4v) is 4.76. The van der Waals surface area contributed by atoms with Crippen LogP contribution in [0.2, 0.25) is 0 Å². The number of para-hydroxylation sites is 2. The highest BCUT2D eigenvalue weighted by Gasteiger charge is 2.24. The van der Waals surface area contributed by atoms with Crippen LogP contribution in [0.5, 0.6) is 5.75 Å². The summed E-state index contributed by atoms with van der Waals surface area (Å²) < 4.78 is 31.4. The molecule has 0 aliphatic heterocycles. The standard InChI is InChI=1S/C24H26N2O4S2/c1-3-30-23-12-8-7-11-22(23)26(32(2,28)29)17-24(27)25-20-15-13-19(14-16-20)18-31-21-9-5-4-6-10-21/h4-16H,3,17-18H2,1-2H3,(H,25,27). The van der Waals surface area contributed by atoms with Crippen molar-refractivity contribution >= 4 is 39.1 Å². The molecule has 0 saturated heterocycles. The van der Waals surface area contributed by atoms with E-state index in [4.69, 9.17) is 4.74 Å². The molecule has 0 spiro atoms. The Kier molecular flexibility index (Phi) is 8.19. The van der Waals surface area contributed by atoms with Gasteiger partial charge >= 0.3 is 0 Å². The predicted octanol–water partition coefficient (Wildman–Crippen LogP) is 4.78. The molecular weight excluding hydrogens is 444 g/mol. The Morgan fingerprint density at radius 1 is 0.969 bits per heavy atom. The third-order valence-electron chi connectivity index (χ3n) is 4.51. The molecule has 3 aromatic rings. The van der Waals surface area contributed by atoms with Gasteiger partial charge in [-0.1, -0.05) is 42.5 Å². The minimum atomic E-state index is -3.70. The number of hydrogen-bond acceptors (Lipinski definition) is 5. The van der Waals surface area contributed by atoms with Gasteiger partial charge in [0.2, 0.25) is 15.9 Å². The number of carbonyl (C=O) groups excluding carboxylic acids is 1. The van der Waals surface area contributed by atoms with E-state index in [1.165, 1.54) is 4.90 Å². The maximum Gasteiger partial charge on any atom is 0.245 e. The number of nitrogens with one attached hydrogen (secondary N) is 1. The third kappa shape index (κ3) is 6.77. The van der Waals surface area contributed by atoms with Crippen LogP contribution in [-0.2, 0) is 20.6 Å². The minimum absolute atomic E-state index is 0.334. The second-order valence-corrected chi connectivity index (χ2v) is 9.97. The number of nitrogens with zero attached hydrogens (tertiary/aromatic N) is 1. The summed E-state index contributed by atoms with van der Waals surface area (Å²) in [4.78, 5) is 13.8. The normalized spacial score (nSPS) is 11.1. The average Bonchev–Trinajstić information content (AvgIpc) is 2.78. The van der Waals surface area contributed by atoms with Gasteiger partial charge in [-0.25, -0.2) is 8.42 Å². The summed E-state index contributed by atoms with van der Waals surface area (Å²) in [7, 11) is -3.70. The molecule has 0 aromatic heterocycles. The Hall–Kier alpha value is -2.97. The smallest absolute Gasteiger partial charge is 0.245 e. The Labute approximate surface area is 193 Å². The molecule has 3 aromatic carbocycles. The number of sulfonamides is 1. The summed E-state index contributed by atoms with van der Waals surface area (Å²) in [5.41, 5.74) is 2.07. The van der Waals surface area contributed by atoms with Crippen LogP contribution >= 0.6 is 11.8 Å². The minimum Gasteiger partial charge on any atom is -0.492 e. The molecule has 0 saturated carbocycles.